The predicted molar refractivity (Wildman–Crippen MR) is 151 cm³/mol. The average molecular weight is 580 g/mol. The highest BCUT2D eigenvalue weighted by Gasteiger charge is 2.37. The van der Waals surface area contributed by atoms with E-state index >= 15 is 0 Å². The molecule has 1 saturated heterocycles. The Morgan fingerprint density at radius 1 is 1.19 bits per heavy atom. The molecule has 1 aliphatic rings. The van der Waals surface area contributed by atoms with Crippen LogP contribution in [0.2, 0.25) is 0 Å². The van der Waals surface area contributed by atoms with E-state index in [2.05, 4.69) is 15.6 Å². The molecule has 0 saturated carbocycles. The zero-order valence-electron chi connectivity index (χ0n) is 23.6. The third-order valence-electron chi connectivity index (χ3n) is 7.03. The second kappa shape index (κ2) is 12.2. The van der Waals surface area contributed by atoms with E-state index < -0.39 is 29.9 Å². The number of aryl methyl sites for hydroxylation is 2. The number of anilines is 1. The molecular formula is C29H31F2N7O4. The van der Waals surface area contributed by atoms with Gasteiger partial charge < -0.3 is 14.6 Å². The number of benzene rings is 1. The number of amides is 2. The van der Waals surface area contributed by atoms with Crippen LogP contribution < -0.4 is 16.2 Å². The zero-order valence-corrected chi connectivity index (χ0v) is 23.6. The maximum absolute atomic E-state index is 14.0. The van der Waals surface area contributed by atoms with Crippen LogP contribution in [0.5, 0.6) is 0 Å². The molecule has 13 heteroatoms. The molecule has 11 nitrogen and oxygen atoms in total. The fraction of sp³-hybridized carbons (Fsp3) is 0.310. The summed E-state index contributed by atoms with van der Waals surface area (Å²) in [6, 6.07) is 10.9. The van der Waals surface area contributed by atoms with E-state index in [1.807, 2.05) is 37.3 Å². The number of nitrogens with one attached hydrogen (secondary N) is 2. The first kappa shape index (κ1) is 29.0. The Labute approximate surface area is 240 Å². The Bertz CT molecular complexity index is 1630. The lowest BCUT2D eigenvalue weighted by Gasteiger charge is -2.19. The number of urea groups is 1. The third kappa shape index (κ3) is 5.93. The molecule has 0 bridgehead atoms. The summed E-state index contributed by atoms with van der Waals surface area (Å²) in [5.74, 6) is -1.91. The first-order valence-electron chi connectivity index (χ1n) is 13.3. The molecule has 220 valence electrons. The van der Waals surface area contributed by atoms with Crippen molar-refractivity contribution in [2.24, 2.45) is 7.05 Å². The van der Waals surface area contributed by atoms with Gasteiger partial charge in [-0.1, -0.05) is 18.2 Å². The molecule has 42 heavy (non-hydrogen) atoms. The molecule has 3 aromatic heterocycles. The van der Waals surface area contributed by atoms with Crippen LogP contribution in [0.4, 0.5) is 19.4 Å². The topological polar surface area (TPSA) is 116 Å². The molecule has 2 atom stereocenters. The largest absolute Gasteiger partial charge is 0.383 e. The molecule has 2 amide bonds. The smallest absolute Gasteiger partial charge is 0.320 e. The third-order valence-corrected chi connectivity index (χ3v) is 7.03. The van der Waals surface area contributed by atoms with Crippen molar-refractivity contribution < 1.29 is 23.1 Å². The van der Waals surface area contributed by atoms with Crippen molar-refractivity contribution in [3.8, 4) is 16.9 Å². The van der Waals surface area contributed by atoms with Gasteiger partial charge in [-0.15, -0.1) is 0 Å². The predicted octanol–water partition coefficient (Wildman–Crippen LogP) is 3.65. The Balaban J connectivity index is 1.46. The number of ether oxygens (including phenoxy) is 1. The summed E-state index contributed by atoms with van der Waals surface area (Å²) < 4.78 is 35.8. The van der Waals surface area contributed by atoms with Gasteiger partial charge in [0.15, 0.2) is 5.82 Å². The number of halogens is 2. The quantitative estimate of drug-likeness (QED) is 0.306. The molecule has 1 aliphatic heterocycles. The van der Waals surface area contributed by atoms with Crippen molar-refractivity contribution in [1.82, 2.24) is 29.7 Å². The first-order chi connectivity index (χ1) is 20.2. The number of rotatable bonds is 8. The van der Waals surface area contributed by atoms with Gasteiger partial charge in [0.1, 0.15) is 11.9 Å². The van der Waals surface area contributed by atoms with E-state index in [0.717, 1.165) is 6.07 Å². The summed E-state index contributed by atoms with van der Waals surface area (Å²) in [4.78, 5) is 35.2. The number of para-hydroxylation sites is 1. The van der Waals surface area contributed by atoms with Gasteiger partial charge >= 0.3 is 6.03 Å². The molecule has 0 radical (unpaired) electrons. The normalized spacial score (nSPS) is 17.0. The lowest BCUT2D eigenvalue weighted by molar-refractivity contribution is -0.154. The summed E-state index contributed by atoms with van der Waals surface area (Å²) >= 11 is 0. The van der Waals surface area contributed by atoms with E-state index in [1.54, 1.807) is 43.1 Å². The summed E-state index contributed by atoms with van der Waals surface area (Å²) in [6.07, 6.45) is 2.07. The summed E-state index contributed by atoms with van der Waals surface area (Å²) in [6.45, 7) is 4.59. The Kier molecular flexibility index (Phi) is 8.43. The minimum atomic E-state index is -1.22. The molecule has 0 unspecified atom stereocenters. The van der Waals surface area contributed by atoms with Crippen LogP contribution in [-0.4, -0.2) is 63.3 Å². The number of pyridine rings is 2. The molecule has 4 heterocycles. The number of hydroxylamine groups is 2. The highest BCUT2D eigenvalue weighted by molar-refractivity contribution is 5.91. The molecule has 1 fully saturated rings. The van der Waals surface area contributed by atoms with Crippen molar-refractivity contribution in [3.05, 3.63) is 93.7 Å². The van der Waals surface area contributed by atoms with E-state index in [4.69, 9.17) is 14.7 Å². The minimum absolute atomic E-state index is 0.110. The van der Waals surface area contributed by atoms with E-state index in [9.17, 15) is 18.4 Å². The molecule has 4 aromatic rings. The standard InChI is InChI=1S/C29H31F2N7O4/c1-17-12-20(15-36(3)28(17)39)24-18(2)27(38(35-24)21-8-6-5-7-9-21)34-29(40)33-23-16-37(10-11-41-4)42-25(23)19-13-22(30)26(31)32-14-19/h5-9,12-15,23,25H,10-11,16H2,1-4H3,(H2,33,34,40)/t23-,25+/m1/s1. The summed E-state index contributed by atoms with van der Waals surface area (Å²) in [7, 11) is 3.23. The molecule has 5 rings (SSSR count). The maximum Gasteiger partial charge on any atom is 0.320 e. The number of methoxy groups -OCH3 is 1. The van der Waals surface area contributed by atoms with Crippen molar-refractivity contribution in [3.63, 3.8) is 0 Å². The fourth-order valence-electron chi connectivity index (χ4n) is 4.93. The Morgan fingerprint density at radius 3 is 2.64 bits per heavy atom. The number of aromatic nitrogens is 4. The summed E-state index contributed by atoms with van der Waals surface area (Å²) in [5, 5.41) is 12.2. The number of carbonyl (C=O) groups is 1. The first-order valence-corrected chi connectivity index (χ1v) is 13.3. The van der Waals surface area contributed by atoms with Gasteiger partial charge in [-0.25, -0.2) is 18.9 Å². The van der Waals surface area contributed by atoms with Gasteiger partial charge in [0.2, 0.25) is 5.95 Å². The molecule has 2 N–H and O–H groups in total. The van der Waals surface area contributed by atoms with Gasteiger partial charge in [-0.05, 0) is 38.1 Å². The van der Waals surface area contributed by atoms with Gasteiger partial charge in [0.05, 0.1) is 24.0 Å². The molecule has 0 aliphatic carbocycles. The van der Waals surface area contributed by atoms with Crippen molar-refractivity contribution in [2.75, 3.05) is 32.1 Å². The van der Waals surface area contributed by atoms with Crippen molar-refractivity contribution >= 4 is 11.8 Å². The number of hydrogen-bond donors (Lipinski definition) is 2. The highest BCUT2D eigenvalue weighted by atomic mass is 19.2. The number of hydrogen-bond acceptors (Lipinski definition) is 7. The lowest BCUT2D eigenvalue weighted by atomic mass is 10.0. The van der Waals surface area contributed by atoms with E-state index in [1.165, 1.54) is 10.8 Å². The van der Waals surface area contributed by atoms with Gasteiger partial charge in [0, 0.05) is 61.9 Å². The van der Waals surface area contributed by atoms with Crippen molar-refractivity contribution in [2.45, 2.75) is 26.0 Å². The second-order valence-corrected chi connectivity index (χ2v) is 10.1. The maximum atomic E-state index is 14.0. The van der Waals surface area contributed by atoms with Gasteiger partial charge in [0.25, 0.3) is 5.56 Å². The van der Waals surface area contributed by atoms with Crippen LogP contribution in [0.15, 0.2) is 59.7 Å². The summed E-state index contributed by atoms with van der Waals surface area (Å²) in [5.41, 5.74) is 3.43. The monoisotopic (exact) mass is 579 g/mol. The van der Waals surface area contributed by atoms with Crippen LogP contribution in [-0.2, 0) is 16.6 Å². The zero-order chi connectivity index (χ0) is 30.0. The number of nitrogens with zero attached hydrogens (tertiary/aromatic N) is 5. The van der Waals surface area contributed by atoms with Crippen LogP contribution >= 0.6 is 0 Å². The van der Waals surface area contributed by atoms with E-state index in [0.29, 0.717) is 47.0 Å². The Hall–Kier alpha value is -4.46. The Morgan fingerprint density at radius 2 is 1.95 bits per heavy atom. The second-order valence-electron chi connectivity index (χ2n) is 10.1. The SMILES string of the molecule is COCCN1C[C@@H](NC(=O)Nc2c(C)c(-c3cc(C)c(=O)n(C)c3)nn2-c2ccccc2)[C@H](c2cnc(F)c(F)c2)O1. The van der Waals surface area contributed by atoms with Gasteiger partial charge in [-0.3, -0.25) is 14.9 Å². The van der Waals surface area contributed by atoms with Crippen LogP contribution in [0.1, 0.15) is 22.8 Å². The van der Waals surface area contributed by atoms with Crippen molar-refractivity contribution in [1.29, 1.82) is 0 Å². The molecule has 0 spiro atoms. The fourth-order valence-corrected chi connectivity index (χ4v) is 4.93. The minimum Gasteiger partial charge on any atom is -0.383 e. The number of carbonyl (C=O) groups excluding carboxylic acids is 1. The van der Waals surface area contributed by atoms with Crippen LogP contribution in [0.25, 0.3) is 16.9 Å². The molecule has 1 aromatic carbocycles. The highest BCUT2D eigenvalue weighted by Crippen LogP contribution is 2.32. The van der Waals surface area contributed by atoms with Crippen LogP contribution in [0, 0.1) is 25.6 Å². The lowest BCUT2D eigenvalue weighted by Crippen LogP contribution is -2.42. The van der Waals surface area contributed by atoms with Crippen LogP contribution in [0.3, 0.4) is 0 Å². The van der Waals surface area contributed by atoms with E-state index in [-0.39, 0.29) is 17.7 Å². The average Bonchev–Trinajstić information content (AvgIpc) is 3.52. The van der Waals surface area contributed by atoms with Gasteiger partial charge in [-0.2, -0.15) is 14.6 Å². The molecular weight excluding hydrogens is 548 g/mol.